The van der Waals surface area contributed by atoms with Crippen molar-refractivity contribution in [3.8, 4) is 11.4 Å². The van der Waals surface area contributed by atoms with Gasteiger partial charge in [0.25, 0.3) is 11.8 Å². The molecule has 1 saturated heterocycles. The Morgan fingerprint density at radius 2 is 1.73 bits per heavy atom. The molecule has 4 N–H and O–H groups in total. The van der Waals surface area contributed by atoms with Crippen molar-refractivity contribution in [3.05, 3.63) is 58.9 Å². The van der Waals surface area contributed by atoms with E-state index in [1.54, 1.807) is 30.3 Å². The summed E-state index contributed by atoms with van der Waals surface area (Å²) in [5, 5.41) is 22.9. The van der Waals surface area contributed by atoms with Gasteiger partial charge < -0.3 is 25.4 Å². The van der Waals surface area contributed by atoms with Crippen molar-refractivity contribution in [2.75, 3.05) is 43.0 Å². The van der Waals surface area contributed by atoms with Crippen LogP contribution in [0.3, 0.4) is 0 Å². The van der Waals surface area contributed by atoms with Gasteiger partial charge in [0.05, 0.1) is 36.6 Å². The molecule has 0 saturated carbocycles. The number of piperidine rings is 1. The van der Waals surface area contributed by atoms with E-state index in [-0.39, 0.29) is 39.7 Å². The zero-order valence-electron chi connectivity index (χ0n) is 26.2. The van der Waals surface area contributed by atoms with Crippen LogP contribution in [0.4, 0.5) is 16.2 Å². The molecule has 45 heavy (non-hydrogen) atoms. The summed E-state index contributed by atoms with van der Waals surface area (Å²) in [7, 11) is -2.25. The third-order valence-electron chi connectivity index (χ3n) is 7.58. The molecule has 1 aliphatic rings. The van der Waals surface area contributed by atoms with E-state index in [1.807, 2.05) is 27.7 Å². The van der Waals surface area contributed by atoms with Crippen LogP contribution in [0, 0.1) is 12.8 Å². The lowest BCUT2D eigenvalue weighted by atomic mass is 9.86. The normalized spacial score (nSPS) is 14.1. The van der Waals surface area contributed by atoms with Crippen LogP contribution in [0.5, 0.6) is 5.75 Å². The number of aryl methyl sites for hydroxylation is 1. The van der Waals surface area contributed by atoms with Crippen molar-refractivity contribution in [1.29, 1.82) is 0 Å². The Morgan fingerprint density at radius 3 is 2.33 bits per heavy atom. The van der Waals surface area contributed by atoms with Gasteiger partial charge in [-0.1, -0.05) is 32.1 Å². The number of carbonyl (C=O) groups excluding carboxylic acids is 2. The summed E-state index contributed by atoms with van der Waals surface area (Å²) in [5.74, 6) is -0.554. The number of nitrogens with zero attached hydrogens (tertiary/aromatic N) is 4. The maximum atomic E-state index is 13.5. The SMILES string of the molecule is COc1c(NC(=O)c2ccc(C)c(-n3cc(C(=O)NCC4CCN(C(=O)O)CC4)nn3)c2)cc(C(C)(C)C)cc1NS(C)(=O)=O. The Bertz CT molecular complexity index is 1710. The minimum Gasteiger partial charge on any atom is -0.492 e. The number of benzene rings is 2. The first-order valence-electron chi connectivity index (χ1n) is 14.4. The molecule has 14 nitrogen and oxygen atoms in total. The number of sulfonamides is 1. The molecule has 1 aromatic heterocycles. The van der Waals surface area contributed by atoms with Crippen LogP contribution < -0.4 is 20.1 Å². The molecule has 15 heteroatoms. The summed E-state index contributed by atoms with van der Waals surface area (Å²) in [4.78, 5) is 38.8. The lowest BCUT2D eigenvalue weighted by molar-refractivity contribution is 0.0923. The molecule has 0 unspecified atom stereocenters. The first-order chi connectivity index (χ1) is 21.1. The lowest BCUT2D eigenvalue weighted by Gasteiger charge is -2.29. The van der Waals surface area contributed by atoms with Gasteiger partial charge in [0.2, 0.25) is 10.0 Å². The fraction of sp³-hybridized carbons (Fsp3) is 0.433. The highest BCUT2D eigenvalue weighted by Gasteiger charge is 2.25. The number of carboxylic acid groups (broad SMARTS) is 1. The van der Waals surface area contributed by atoms with Crippen LogP contribution in [-0.2, 0) is 15.4 Å². The van der Waals surface area contributed by atoms with E-state index in [9.17, 15) is 22.8 Å². The predicted octanol–water partition coefficient (Wildman–Crippen LogP) is 3.63. The molecule has 0 bridgehead atoms. The molecular formula is C30H39N7O7S. The number of likely N-dealkylation sites (tertiary alicyclic amines) is 1. The van der Waals surface area contributed by atoms with Crippen LogP contribution in [0.2, 0.25) is 0 Å². The summed E-state index contributed by atoms with van der Waals surface area (Å²) in [6.45, 7) is 9.00. The van der Waals surface area contributed by atoms with E-state index in [4.69, 9.17) is 9.84 Å². The number of methoxy groups -OCH3 is 1. The van der Waals surface area contributed by atoms with Crippen LogP contribution in [0.1, 0.15) is 65.6 Å². The number of carbonyl (C=O) groups is 3. The third kappa shape index (κ3) is 8.29. The van der Waals surface area contributed by atoms with Crippen molar-refractivity contribution < 1.29 is 32.6 Å². The van der Waals surface area contributed by atoms with E-state index in [0.29, 0.717) is 38.2 Å². The molecule has 0 spiro atoms. The fourth-order valence-corrected chi connectivity index (χ4v) is 5.53. The summed E-state index contributed by atoms with van der Waals surface area (Å²) in [6, 6.07) is 8.43. The predicted molar refractivity (Wildman–Crippen MR) is 169 cm³/mol. The first kappa shape index (κ1) is 33.2. The number of nitrogens with one attached hydrogen (secondary N) is 3. The molecule has 2 aromatic carbocycles. The molecule has 2 heterocycles. The summed E-state index contributed by atoms with van der Waals surface area (Å²) >= 11 is 0. The molecule has 1 aliphatic heterocycles. The quantitative estimate of drug-likeness (QED) is 0.271. The van der Waals surface area contributed by atoms with Gasteiger partial charge in [0.1, 0.15) is 0 Å². The molecule has 0 atom stereocenters. The molecular weight excluding hydrogens is 602 g/mol. The standard InChI is InChI=1S/C30H39N7O7S/c1-18-7-8-20(27(38)32-22-14-21(30(2,3)4)15-23(26(22)44-5)34-45(6,42)43)13-25(18)37-17-24(33-35-37)28(39)31-16-19-9-11-36(12-10-19)29(40)41/h7-8,13-15,17,19,34H,9-12,16H2,1-6H3,(H,31,39)(H,32,38)(H,40,41). The van der Waals surface area contributed by atoms with Gasteiger partial charge in [-0.2, -0.15) is 0 Å². The minimum atomic E-state index is -3.64. The van der Waals surface area contributed by atoms with Crippen molar-refractivity contribution >= 4 is 39.3 Å². The van der Waals surface area contributed by atoms with Gasteiger partial charge >= 0.3 is 6.09 Å². The second-order valence-corrected chi connectivity index (χ2v) is 13.9. The van der Waals surface area contributed by atoms with E-state index in [2.05, 4.69) is 25.7 Å². The van der Waals surface area contributed by atoms with Gasteiger partial charge in [-0.15, -0.1) is 5.10 Å². The van der Waals surface area contributed by atoms with Gasteiger partial charge in [0.15, 0.2) is 11.4 Å². The molecule has 242 valence electrons. The van der Waals surface area contributed by atoms with Gasteiger partial charge in [0, 0.05) is 25.2 Å². The van der Waals surface area contributed by atoms with E-state index < -0.39 is 27.9 Å². The summed E-state index contributed by atoms with van der Waals surface area (Å²) in [6.07, 6.45) is 2.90. The Hall–Kier alpha value is -4.66. The van der Waals surface area contributed by atoms with E-state index in [1.165, 1.54) is 22.9 Å². The van der Waals surface area contributed by atoms with Gasteiger partial charge in [-0.05, 0) is 66.5 Å². The maximum absolute atomic E-state index is 13.5. The Balaban J connectivity index is 1.52. The first-order valence-corrected chi connectivity index (χ1v) is 16.3. The molecule has 3 amide bonds. The molecule has 0 aliphatic carbocycles. The van der Waals surface area contributed by atoms with E-state index >= 15 is 0 Å². The molecule has 0 radical (unpaired) electrons. The zero-order chi connectivity index (χ0) is 33.1. The fourth-order valence-electron chi connectivity index (χ4n) is 4.98. The highest BCUT2D eigenvalue weighted by Crippen LogP contribution is 2.39. The number of amides is 3. The van der Waals surface area contributed by atoms with Crippen LogP contribution in [0.25, 0.3) is 5.69 Å². The largest absolute Gasteiger partial charge is 0.492 e. The van der Waals surface area contributed by atoms with Crippen molar-refractivity contribution in [2.45, 2.75) is 46.0 Å². The third-order valence-corrected chi connectivity index (χ3v) is 8.17. The number of ether oxygens (including phenoxy) is 1. The average Bonchev–Trinajstić information content (AvgIpc) is 3.45. The van der Waals surface area contributed by atoms with Crippen molar-refractivity contribution in [1.82, 2.24) is 25.2 Å². The number of rotatable bonds is 9. The lowest BCUT2D eigenvalue weighted by Crippen LogP contribution is -2.40. The van der Waals surface area contributed by atoms with Crippen molar-refractivity contribution in [3.63, 3.8) is 0 Å². The minimum absolute atomic E-state index is 0.0989. The van der Waals surface area contributed by atoms with Gasteiger partial charge in [-0.3, -0.25) is 14.3 Å². The second kappa shape index (κ2) is 13.1. The van der Waals surface area contributed by atoms with Crippen LogP contribution >= 0.6 is 0 Å². The van der Waals surface area contributed by atoms with Crippen LogP contribution in [-0.4, -0.2) is 84.3 Å². The van der Waals surface area contributed by atoms with Crippen LogP contribution in [0.15, 0.2) is 36.5 Å². The monoisotopic (exact) mass is 641 g/mol. The zero-order valence-corrected chi connectivity index (χ0v) is 27.0. The number of hydrogen-bond donors (Lipinski definition) is 4. The smallest absolute Gasteiger partial charge is 0.407 e. The Labute approximate surface area is 262 Å². The molecule has 3 aromatic rings. The Kier molecular flexibility index (Phi) is 9.71. The summed E-state index contributed by atoms with van der Waals surface area (Å²) in [5.41, 5.74) is 2.58. The van der Waals surface area contributed by atoms with Gasteiger partial charge in [-0.25, -0.2) is 17.9 Å². The average molecular weight is 642 g/mol. The summed E-state index contributed by atoms with van der Waals surface area (Å²) < 4.78 is 33.5. The topological polar surface area (TPSA) is 185 Å². The number of hydrogen-bond acceptors (Lipinski definition) is 8. The highest BCUT2D eigenvalue weighted by molar-refractivity contribution is 7.92. The van der Waals surface area contributed by atoms with Crippen molar-refractivity contribution in [2.24, 2.45) is 5.92 Å². The second-order valence-electron chi connectivity index (χ2n) is 12.2. The number of aromatic nitrogens is 3. The maximum Gasteiger partial charge on any atom is 0.407 e. The Morgan fingerprint density at radius 1 is 1.07 bits per heavy atom. The van der Waals surface area contributed by atoms with E-state index in [0.717, 1.165) is 17.4 Å². The molecule has 4 rings (SSSR count). The molecule has 1 fully saturated rings. The highest BCUT2D eigenvalue weighted by atomic mass is 32.2. The number of anilines is 2.